The van der Waals surface area contributed by atoms with Gasteiger partial charge in [-0.15, -0.1) is 11.3 Å². The molecule has 0 fully saturated rings. The molecular weight excluding hydrogens is 308 g/mol. The first-order valence-corrected chi connectivity index (χ1v) is 7.51. The number of esters is 1. The second kappa shape index (κ2) is 7.24. The van der Waals surface area contributed by atoms with Crippen molar-refractivity contribution in [2.75, 3.05) is 11.9 Å². The molecule has 0 amide bonds. The predicted octanol–water partition coefficient (Wildman–Crippen LogP) is 4.06. The number of halogens is 1. The van der Waals surface area contributed by atoms with Crippen molar-refractivity contribution >= 4 is 34.6 Å². The summed E-state index contributed by atoms with van der Waals surface area (Å²) in [6.07, 6.45) is 3.27. The molecule has 6 heteroatoms. The molecule has 110 valence electrons. The molecule has 1 heterocycles. The first kappa shape index (κ1) is 15.5. The lowest BCUT2D eigenvalue weighted by atomic mass is 10.1. The van der Waals surface area contributed by atoms with Gasteiger partial charge in [0, 0.05) is 16.8 Å². The van der Waals surface area contributed by atoms with Crippen molar-refractivity contribution < 1.29 is 9.53 Å². The lowest BCUT2D eigenvalue weighted by Crippen LogP contribution is -2.07. The third kappa shape index (κ3) is 4.58. The number of thiazole rings is 1. The summed E-state index contributed by atoms with van der Waals surface area (Å²) >= 11 is 7.21. The Morgan fingerprint density at radius 3 is 3.00 bits per heavy atom. The Labute approximate surface area is 132 Å². The second-order valence-electron chi connectivity index (χ2n) is 4.41. The average molecular weight is 323 g/mol. The molecule has 1 aromatic carbocycles. The Balaban J connectivity index is 2.07. The highest BCUT2D eigenvalue weighted by atomic mass is 35.5. The van der Waals surface area contributed by atoms with Gasteiger partial charge >= 0.3 is 5.97 Å². The van der Waals surface area contributed by atoms with Crippen molar-refractivity contribution in [2.45, 2.75) is 13.5 Å². The summed E-state index contributed by atoms with van der Waals surface area (Å²) in [5.41, 5.74) is 2.35. The van der Waals surface area contributed by atoms with E-state index in [0.717, 1.165) is 16.1 Å². The molecule has 0 spiro atoms. The van der Waals surface area contributed by atoms with Crippen LogP contribution < -0.4 is 5.32 Å². The zero-order chi connectivity index (χ0) is 15.2. The van der Waals surface area contributed by atoms with Crippen LogP contribution in [0.3, 0.4) is 0 Å². The molecule has 0 aliphatic rings. The number of aromatic nitrogens is 1. The zero-order valence-corrected chi connectivity index (χ0v) is 13.1. The van der Waals surface area contributed by atoms with Crippen LogP contribution in [0.5, 0.6) is 0 Å². The van der Waals surface area contributed by atoms with E-state index >= 15 is 0 Å². The number of ether oxygens (including phenoxy) is 1. The highest BCUT2D eigenvalue weighted by Crippen LogP contribution is 2.20. The van der Waals surface area contributed by atoms with Crippen molar-refractivity contribution in [1.82, 2.24) is 4.98 Å². The number of nitrogens with one attached hydrogen (secondary N) is 1. The van der Waals surface area contributed by atoms with Crippen LogP contribution in [0.25, 0.3) is 0 Å². The van der Waals surface area contributed by atoms with Crippen molar-refractivity contribution in [1.29, 1.82) is 0 Å². The number of carbonyl (C=O) groups excluding carboxylic acids is 1. The van der Waals surface area contributed by atoms with Gasteiger partial charge in [-0.25, -0.2) is 9.78 Å². The first-order chi connectivity index (χ1) is 10.1. The summed E-state index contributed by atoms with van der Waals surface area (Å²) in [7, 11) is 0. The third-order valence-electron chi connectivity index (χ3n) is 2.64. The van der Waals surface area contributed by atoms with E-state index < -0.39 is 0 Å². The minimum absolute atomic E-state index is 0.203. The molecule has 4 nitrogen and oxygen atoms in total. The van der Waals surface area contributed by atoms with E-state index in [9.17, 15) is 4.79 Å². The summed E-state index contributed by atoms with van der Waals surface area (Å²) in [6.45, 7) is 6.26. The van der Waals surface area contributed by atoms with Crippen LogP contribution in [0.2, 0.25) is 4.47 Å². The Hall–Kier alpha value is -1.85. The monoisotopic (exact) mass is 322 g/mol. The molecule has 1 N–H and O–H groups in total. The second-order valence-corrected chi connectivity index (χ2v) is 6.11. The molecule has 0 radical (unpaired) electrons. The van der Waals surface area contributed by atoms with E-state index in [0.29, 0.717) is 16.6 Å². The lowest BCUT2D eigenvalue weighted by Gasteiger charge is -2.09. The number of carbonyl (C=O) groups is 1. The normalized spacial score (nSPS) is 10.2. The maximum Gasteiger partial charge on any atom is 0.338 e. The van der Waals surface area contributed by atoms with Crippen LogP contribution >= 0.6 is 22.9 Å². The van der Waals surface area contributed by atoms with Gasteiger partial charge < -0.3 is 10.1 Å². The fourth-order valence-electron chi connectivity index (χ4n) is 1.78. The van der Waals surface area contributed by atoms with E-state index in [4.69, 9.17) is 16.3 Å². The minimum Gasteiger partial charge on any atom is -0.458 e. The lowest BCUT2D eigenvalue weighted by molar-refractivity contribution is 0.0549. The van der Waals surface area contributed by atoms with Crippen LogP contribution in [0.1, 0.15) is 20.8 Å². The fourth-order valence-corrected chi connectivity index (χ4v) is 2.69. The van der Waals surface area contributed by atoms with Crippen LogP contribution in [-0.2, 0) is 11.3 Å². The largest absolute Gasteiger partial charge is 0.458 e. The summed E-state index contributed by atoms with van der Waals surface area (Å²) in [6, 6.07) is 5.52. The van der Waals surface area contributed by atoms with Gasteiger partial charge in [-0.2, -0.15) is 0 Å². The minimum atomic E-state index is -0.359. The Bertz CT molecular complexity index is 655. The van der Waals surface area contributed by atoms with Crippen LogP contribution in [0.15, 0.2) is 37.1 Å². The van der Waals surface area contributed by atoms with Crippen molar-refractivity contribution in [3.8, 4) is 0 Å². The third-order valence-corrected chi connectivity index (χ3v) is 3.75. The maximum atomic E-state index is 11.9. The van der Waals surface area contributed by atoms with E-state index in [1.54, 1.807) is 24.4 Å². The number of anilines is 1. The van der Waals surface area contributed by atoms with E-state index in [1.165, 1.54) is 11.3 Å². The quantitative estimate of drug-likeness (QED) is 0.643. The molecule has 2 aromatic rings. The van der Waals surface area contributed by atoms with Gasteiger partial charge in [-0.1, -0.05) is 24.3 Å². The number of benzene rings is 1. The van der Waals surface area contributed by atoms with Crippen LogP contribution in [-0.4, -0.2) is 17.6 Å². The van der Waals surface area contributed by atoms with Gasteiger partial charge in [0.1, 0.15) is 6.61 Å². The molecule has 21 heavy (non-hydrogen) atoms. The van der Waals surface area contributed by atoms with Gasteiger partial charge in [-0.3, -0.25) is 0 Å². The standard InChI is InChI=1S/C15H15ClN2O2S/c1-3-4-20-14(19)11-5-10(2)6-12(7-11)17-8-13-9-18-15(16)21-13/h3,5-7,9,17H,1,4,8H2,2H3. The fraction of sp³-hybridized carbons (Fsp3) is 0.200. The highest BCUT2D eigenvalue weighted by molar-refractivity contribution is 7.15. The molecule has 2 rings (SSSR count). The van der Waals surface area contributed by atoms with Gasteiger partial charge in [0.15, 0.2) is 4.47 Å². The Morgan fingerprint density at radius 1 is 1.52 bits per heavy atom. The SMILES string of the molecule is C=CCOC(=O)c1cc(C)cc(NCc2cnc(Cl)s2)c1. The number of nitrogens with zero attached hydrogens (tertiary/aromatic N) is 1. The molecule has 0 atom stereocenters. The molecule has 0 bridgehead atoms. The molecule has 0 saturated heterocycles. The summed E-state index contributed by atoms with van der Waals surface area (Å²) in [4.78, 5) is 16.9. The summed E-state index contributed by atoms with van der Waals surface area (Å²) in [5, 5.41) is 3.25. The molecule has 0 saturated carbocycles. The van der Waals surface area contributed by atoms with Gasteiger partial charge in [0.2, 0.25) is 0 Å². The topological polar surface area (TPSA) is 51.2 Å². The van der Waals surface area contributed by atoms with Crippen molar-refractivity contribution in [3.63, 3.8) is 0 Å². The van der Waals surface area contributed by atoms with Crippen LogP contribution in [0, 0.1) is 6.92 Å². The smallest absolute Gasteiger partial charge is 0.338 e. The number of hydrogen-bond acceptors (Lipinski definition) is 5. The Morgan fingerprint density at radius 2 is 2.33 bits per heavy atom. The zero-order valence-electron chi connectivity index (χ0n) is 11.6. The Kier molecular flexibility index (Phi) is 5.36. The van der Waals surface area contributed by atoms with E-state index in [1.807, 2.05) is 13.0 Å². The highest BCUT2D eigenvalue weighted by Gasteiger charge is 2.09. The van der Waals surface area contributed by atoms with Crippen molar-refractivity contribution in [3.05, 3.63) is 57.5 Å². The average Bonchev–Trinajstić information content (AvgIpc) is 2.87. The van der Waals surface area contributed by atoms with E-state index in [-0.39, 0.29) is 12.6 Å². The van der Waals surface area contributed by atoms with Crippen molar-refractivity contribution in [2.24, 2.45) is 0 Å². The summed E-state index contributed by atoms with van der Waals surface area (Å²) < 4.78 is 5.56. The van der Waals surface area contributed by atoms with Gasteiger partial charge in [0.25, 0.3) is 0 Å². The molecule has 0 aliphatic heterocycles. The maximum absolute atomic E-state index is 11.9. The predicted molar refractivity (Wildman–Crippen MR) is 86.1 cm³/mol. The van der Waals surface area contributed by atoms with Crippen LogP contribution in [0.4, 0.5) is 5.69 Å². The number of aryl methyl sites for hydroxylation is 1. The molecule has 0 aliphatic carbocycles. The number of hydrogen-bond donors (Lipinski definition) is 1. The van der Waals surface area contributed by atoms with E-state index in [2.05, 4.69) is 16.9 Å². The number of rotatable bonds is 6. The molecule has 0 unspecified atom stereocenters. The first-order valence-electron chi connectivity index (χ1n) is 6.32. The van der Waals surface area contributed by atoms with Gasteiger partial charge in [0.05, 0.1) is 12.1 Å². The van der Waals surface area contributed by atoms with Gasteiger partial charge in [-0.05, 0) is 30.7 Å². The molecular formula is C15H15ClN2O2S. The summed E-state index contributed by atoms with van der Waals surface area (Å²) in [5.74, 6) is -0.359. The molecule has 1 aromatic heterocycles.